The summed E-state index contributed by atoms with van der Waals surface area (Å²) in [6, 6.07) is 6.18. The van der Waals surface area contributed by atoms with Gasteiger partial charge in [0.2, 0.25) is 0 Å². The molecule has 1 aromatic rings. The second kappa shape index (κ2) is 6.11. The van der Waals surface area contributed by atoms with Crippen LogP contribution in [0.5, 0.6) is 0 Å². The largest absolute Gasteiger partial charge is 0.389 e. The molecule has 1 aromatic carbocycles. The van der Waals surface area contributed by atoms with Gasteiger partial charge < -0.3 is 10.6 Å². The van der Waals surface area contributed by atoms with E-state index in [1.54, 1.807) is 0 Å². The number of hydrogen-bond acceptors (Lipinski definition) is 3. The van der Waals surface area contributed by atoms with Gasteiger partial charge in [-0.25, -0.2) is 0 Å². The lowest BCUT2D eigenvalue weighted by Crippen LogP contribution is -2.24. The maximum absolute atomic E-state index is 5.73. The van der Waals surface area contributed by atoms with Crippen molar-refractivity contribution in [2.24, 2.45) is 5.73 Å². The lowest BCUT2D eigenvalue weighted by molar-refractivity contribution is 0.975. The summed E-state index contributed by atoms with van der Waals surface area (Å²) in [5.74, 6) is 1.10. The number of thioether (sulfide) groups is 1. The van der Waals surface area contributed by atoms with Crippen molar-refractivity contribution in [2.75, 3.05) is 30.5 Å². The monoisotopic (exact) mass is 254 g/mol. The van der Waals surface area contributed by atoms with Crippen LogP contribution in [-0.4, -0.2) is 30.6 Å². The molecule has 0 saturated carbocycles. The number of benzene rings is 1. The van der Waals surface area contributed by atoms with Crippen molar-refractivity contribution >= 4 is 34.7 Å². The number of rotatable bonds is 5. The molecule has 0 bridgehead atoms. The first-order chi connectivity index (χ1) is 7.56. The highest BCUT2D eigenvalue weighted by Crippen LogP contribution is 2.21. The van der Waals surface area contributed by atoms with Crippen LogP contribution in [0.2, 0.25) is 0 Å². The van der Waals surface area contributed by atoms with Crippen molar-refractivity contribution in [3.8, 4) is 0 Å². The summed E-state index contributed by atoms with van der Waals surface area (Å²) in [5.41, 5.74) is 9.05. The Morgan fingerprint density at radius 3 is 2.75 bits per heavy atom. The molecule has 0 aliphatic heterocycles. The van der Waals surface area contributed by atoms with Crippen molar-refractivity contribution < 1.29 is 0 Å². The number of thiocarbonyl (C=S) groups is 1. The van der Waals surface area contributed by atoms with E-state index in [0.29, 0.717) is 4.99 Å². The third-order valence-electron chi connectivity index (χ3n) is 2.46. The molecule has 16 heavy (non-hydrogen) atoms. The normalized spacial score (nSPS) is 10.2. The molecule has 88 valence electrons. The summed E-state index contributed by atoms with van der Waals surface area (Å²) in [4.78, 5) is 2.67. The molecule has 1 rings (SSSR count). The number of hydrogen-bond donors (Lipinski definition) is 1. The van der Waals surface area contributed by atoms with Gasteiger partial charge in [-0.1, -0.05) is 18.3 Å². The molecule has 0 heterocycles. The zero-order valence-corrected chi connectivity index (χ0v) is 11.6. The maximum Gasteiger partial charge on any atom is 0.106 e. The Balaban J connectivity index is 2.99. The summed E-state index contributed by atoms with van der Waals surface area (Å²) in [5, 5.41) is 0. The Morgan fingerprint density at radius 2 is 2.19 bits per heavy atom. The van der Waals surface area contributed by atoms with Crippen LogP contribution in [0.3, 0.4) is 0 Å². The standard InChI is InChI=1S/C12H18N2S2/c1-9-4-5-10(12(13)15)11(8-9)14(2)6-7-16-3/h4-5,8H,6-7H2,1-3H3,(H2,13,15). The van der Waals surface area contributed by atoms with E-state index in [2.05, 4.69) is 31.2 Å². The Hall–Kier alpha value is -0.740. The van der Waals surface area contributed by atoms with Crippen LogP contribution in [0, 0.1) is 6.92 Å². The highest BCUT2D eigenvalue weighted by Gasteiger charge is 2.09. The molecular formula is C12H18N2S2. The molecule has 0 aliphatic rings. The Bertz CT molecular complexity index is 377. The average Bonchev–Trinajstić information content (AvgIpc) is 2.25. The van der Waals surface area contributed by atoms with E-state index in [4.69, 9.17) is 18.0 Å². The molecule has 2 nitrogen and oxygen atoms in total. The van der Waals surface area contributed by atoms with Gasteiger partial charge in [0.05, 0.1) is 0 Å². The SMILES string of the molecule is CSCCN(C)c1cc(C)ccc1C(N)=S. The van der Waals surface area contributed by atoms with E-state index in [0.717, 1.165) is 23.5 Å². The van der Waals surface area contributed by atoms with Gasteiger partial charge in [0, 0.05) is 30.6 Å². The van der Waals surface area contributed by atoms with Gasteiger partial charge in [-0.05, 0) is 30.9 Å². The minimum Gasteiger partial charge on any atom is -0.389 e. The smallest absolute Gasteiger partial charge is 0.106 e. The van der Waals surface area contributed by atoms with E-state index in [-0.39, 0.29) is 0 Å². The van der Waals surface area contributed by atoms with Gasteiger partial charge in [0.1, 0.15) is 4.99 Å². The van der Waals surface area contributed by atoms with Crippen LogP contribution < -0.4 is 10.6 Å². The molecule has 0 spiro atoms. The van der Waals surface area contributed by atoms with Crippen LogP contribution >= 0.6 is 24.0 Å². The van der Waals surface area contributed by atoms with Gasteiger partial charge in [-0.3, -0.25) is 0 Å². The lowest BCUT2D eigenvalue weighted by atomic mass is 10.1. The van der Waals surface area contributed by atoms with Gasteiger partial charge in [0.25, 0.3) is 0 Å². The van der Waals surface area contributed by atoms with Crippen LogP contribution in [0.25, 0.3) is 0 Å². The lowest BCUT2D eigenvalue weighted by Gasteiger charge is -2.22. The predicted molar refractivity (Wildman–Crippen MR) is 78.7 cm³/mol. The van der Waals surface area contributed by atoms with Crippen LogP contribution in [-0.2, 0) is 0 Å². The fourth-order valence-electron chi connectivity index (χ4n) is 1.51. The Kier molecular flexibility index (Phi) is 5.09. The summed E-state index contributed by atoms with van der Waals surface area (Å²) >= 11 is 6.91. The van der Waals surface area contributed by atoms with Gasteiger partial charge in [-0.15, -0.1) is 0 Å². The molecule has 0 saturated heterocycles. The van der Waals surface area contributed by atoms with E-state index >= 15 is 0 Å². The zero-order valence-electron chi connectivity index (χ0n) is 9.99. The molecule has 0 unspecified atom stereocenters. The molecular weight excluding hydrogens is 236 g/mol. The molecule has 0 aliphatic carbocycles. The van der Waals surface area contributed by atoms with E-state index in [1.807, 2.05) is 23.9 Å². The van der Waals surface area contributed by atoms with Crippen molar-refractivity contribution in [1.82, 2.24) is 0 Å². The summed E-state index contributed by atoms with van der Waals surface area (Å²) in [7, 11) is 2.08. The predicted octanol–water partition coefficient (Wildman–Crippen LogP) is 2.43. The van der Waals surface area contributed by atoms with E-state index < -0.39 is 0 Å². The van der Waals surface area contributed by atoms with E-state index in [1.165, 1.54) is 5.56 Å². The van der Waals surface area contributed by atoms with E-state index in [9.17, 15) is 0 Å². The van der Waals surface area contributed by atoms with Crippen molar-refractivity contribution in [3.05, 3.63) is 29.3 Å². The van der Waals surface area contributed by atoms with Gasteiger partial charge in [-0.2, -0.15) is 11.8 Å². The second-order valence-electron chi connectivity index (χ2n) is 3.80. The molecule has 2 N–H and O–H groups in total. The molecule has 0 aromatic heterocycles. The minimum absolute atomic E-state index is 0.464. The number of aryl methyl sites for hydroxylation is 1. The first-order valence-electron chi connectivity index (χ1n) is 5.16. The van der Waals surface area contributed by atoms with Crippen LogP contribution in [0.1, 0.15) is 11.1 Å². The molecule has 4 heteroatoms. The third kappa shape index (κ3) is 3.39. The Labute approximate surface area is 107 Å². The molecule has 0 amide bonds. The molecule has 0 atom stereocenters. The van der Waals surface area contributed by atoms with Gasteiger partial charge >= 0.3 is 0 Å². The number of anilines is 1. The maximum atomic E-state index is 5.73. The molecule has 0 radical (unpaired) electrons. The zero-order chi connectivity index (χ0) is 12.1. The summed E-state index contributed by atoms with van der Waals surface area (Å²) < 4.78 is 0. The minimum atomic E-state index is 0.464. The quantitative estimate of drug-likeness (QED) is 0.817. The number of nitrogens with zero attached hydrogens (tertiary/aromatic N) is 1. The third-order valence-corrected chi connectivity index (χ3v) is 3.27. The summed E-state index contributed by atoms with van der Waals surface area (Å²) in [6.45, 7) is 3.08. The number of nitrogens with two attached hydrogens (primary N) is 1. The fraction of sp³-hybridized carbons (Fsp3) is 0.417. The fourth-order valence-corrected chi connectivity index (χ4v) is 2.14. The van der Waals surface area contributed by atoms with Crippen molar-refractivity contribution in [1.29, 1.82) is 0 Å². The van der Waals surface area contributed by atoms with Crippen LogP contribution in [0.15, 0.2) is 18.2 Å². The van der Waals surface area contributed by atoms with Crippen molar-refractivity contribution in [2.45, 2.75) is 6.92 Å². The topological polar surface area (TPSA) is 29.3 Å². The molecule has 0 fully saturated rings. The average molecular weight is 254 g/mol. The summed E-state index contributed by atoms with van der Waals surface area (Å²) in [6.07, 6.45) is 2.11. The first-order valence-corrected chi connectivity index (χ1v) is 6.97. The van der Waals surface area contributed by atoms with Crippen molar-refractivity contribution in [3.63, 3.8) is 0 Å². The Morgan fingerprint density at radius 1 is 1.50 bits per heavy atom. The second-order valence-corrected chi connectivity index (χ2v) is 5.22. The highest BCUT2D eigenvalue weighted by atomic mass is 32.2. The van der Waals surface area contributed by atoms with Crippen LogP contribution in [0.4, 0.5) is 5.69 Å². The first kappa shape index (κ1) is 13.3. The van der Waals surface area contributed by atoms with Gasteiger partial charge in [0.15, 0.2) is 0 Å². The highest BCUT2D eigenvalue weighted by molar-refractivity contribution is 7.98.